The number of nitrogens with zero attached hydrogens (tertiary/aromatic N) is 6. The Morgan fingerprint density at radius 2 is 2.00 bits per heavy atom. The minimum Gasteiger partial charge on any atom is -0.356 e. The van der Waals surface area contributed by atoms with E-state index in [0.717, 1.165) is 47.5 Å². The minimum atomic E-state index is -0.134. The highest BCUT2D eigenvalue weighted by molar-refractivity contribution is 5.92. The second-order valence-corrected chi connectivity index (χ2v) is 7.38. The third-order valence-corrected chi connectivity index (χ3v) is 5.34. The van der Waals surface area contributed by atoms with Gasteiger partial charge in [-0.05, 0) is 40.0 Å². The normalized spacial score (nSPS) is 17.1. The number of carbonyl (C=O) groups excluding carboxylic acids is 1. The van der Waals surface area contributed by atoms with E-state index in [2.05, 4.69) is 15.1 Å². The van der Waals surface area contributed by atoms with Gasteiger partial charge in [-0.1, -0.05) is 5.16 Å². The van der Waals surface area contributed by atoms with E-state index in [0.29, 0.717) is 18.0 Å². The first-order chi connectivity index (χ1) is 13.5. The van der Waals surface area contributed by atoms with Gasteiger partial charge in [-0.15, -0.1) is 0 Å². The lowest BCUT2D eigenvalue weighted by Gasteiger charge is -2.35. The fourth-order valence-corrected chi connectivity index (χ4v) is 3.70. The van der Waals surface area contributed by atoms with Crippen LogP contribution in [0.3, 0.4) is 0 Å². The zero-order valence-corrected chi connectivity index (χ0v) is 16.6. The molecule has 8 nitrogen and oxygen atoms in total. The summed E-state index contributed by atoms with van der Waals surface area (Å²) in [7, 11) is 1.88. The van der Waals surface area contributed by atoms with Crippen LogP contribution in [-0.4, -0.2) is 42.3 Å². The molecule has 28 heavy (non-hydrogen) atoms. The Bertz CT molecular complexity index is 1000. The Hall–Kier alpha value is -3.03. The van der Waals surface area contributed by atoms with E-state index in [4.69, 9.17) is 9.62 Å². The van der Waals surface area contributed by atoms with Crippen LogP contribution < -0.4 is 0 Å². The van der Waals surface area contributed by atoms with Crippen LogP contribution in [0.25, 0.3) is 11.3 Å². The summed E-state index contributed by atoms with van der Waals surface area (Å²) in [5.41, 5.74) is 4.73. The number of likely N-dealkylation sites (tertiary alicyclic amines) is 1. The molecule has 4 rings (SSSR count). The van der Waals surface area contributed by atoms with E-state index >= 15 is 0 Å². The van der Waals surface area contributed by atoms with E-state index in [9.17, 15) is 4.79 Å². The Balaban J connectivity index is 1.74. The molecule has 0 aromatic carbocycles. The van der Waals surface area contributed by atoms with E-state index in [1.807, 2.05) is 38.9 Å². The summed E-state index contributed by atoms with van der Waals surface area (Å²) in [6.07, 6.45) is 7.96. The zero-order valence-electron chi connectivity index (χ0n) is 16.6. The summed E-state index contributed by atoms with van der Waals surface area (Å²) in [6, 6.07) is -0.134. The van der Waals surface area contributed by atoms with Crippen LogP contribution in [0.15, 0.2) is 23.1 Å². The number of piperidine rings is 1. The van der Waals surface area contributed by atoms with Gasteiger partial charge in [0.15, 0.2) is 5.76 Å². The van der Waals surface area contributed by atoms with Crippen molar-refractivity contribution >= 4 is 5.91 Å². The van der Waals surface area contributed by atoms with Gasteiger partial charge in [-0.2, -0.15) is 5.10 Å². The molecular weight excluding hydrogens is 356 g/mol. The van der Waals surface area contributed by atoms with Crippen LogP contribution in [0.5, 0.6) is 0 Å². The molecule has 0 N–H and O–H groups in total. The van der Waals surface area contributed by atoms with Gasteiger partial charge in [0.25, 0.3) is 5.91 Å². The lowest BCUT2D eigenvalue weighted by atomic mass is 9.95. The van der Waals surface area contributed by atoms with Gasteiger partial charge in [0.1, 0.15) is 5.69 Å². The molecule has 0 saturated carbocycles. The predicted octanol–water partition coefficient (Wildman–Crippen LogP) is 3.16. The van der Waals surface area contributed by atoms with Crippen molar-refractivity contribution in [3.05, 3.63) is 46.9 Å². The maximum Gasteiger partial charge on any atom is 0.274 e. The molecule has 146 valence electrons. The summed E-state index contributed by atoms with van der Waals surface area (Å²) in [5, 5.41) is 8.79. The Kier molecular flexibility index (Phi) is 4.70. The number of rotatable bonds is 3. The maximum atomic E-state index is 13.2. The summed E-state index contributed by atoms with van der Waals surface area (Å²) in [4.78, 5) is 23.5. The van der Waals surface area contributed by atoms with Gasteiger partial charge in [0.2, 0.25) is 0 Å². The average Bonchev–Trinajstić information content (AvgIpc) is 3.24. The summed E-state index contributed by atoms with van der Waals surface area (Å²) in [6.45, 7) is 6.44. The molecule has 4 heterocycles. The lowest BCUT2D eigenvalue weighted by molar-refractivity contribution is 0.0599. The molecule has 8 heteroatoms. The van der Waals surface area contributed by atoms with Crippen LogP contribution in [-0.2, 0) is 7.05 Å². The zero-order chi connectivity index (χ0) is 19.8. The maximum absolute atomic E-state index is 13.2. The Morgan fingerprint density at radius 3 is 2.68 bits per heavy atom. The molecule has 3 aromatic heterocycles. The van der Waals surface area contributed by atoms with Crippen molar-refractivity contribution in [1.29, 1.82) is 0 Å². The van der Waals surface area contributed by atoms with Crippen molar-refractivity contribution in [2.45, 2.75) is 46.1 Å². The minimum absolute atomic E-state index is 0.112. The van der Waals surface area contributed by atoms with E-state index in [-0.39, 0.29) is 11.9 Å². The van der Waals surface area contributed by atoms with Crippen molar-refractivity contribution in [2.75, 3.05) is 6.54 Å². The Labute approximate surface area is 163 Å². The fraction of sp³-hybridized carbons (Fsp3) is 0.450. The highest BCUT2D eigenvalue weighted by Crippen LogP contribution is 2.38. The molecule has 1 saturated heterocycles. The standard InChI is InChI=1S/C20H24N6O2/c1-12-9-22-16(10-21-12)20(27)26-8-6-5-7-17(26)18-15(11-25(4)23-18)19-13(2)14(3)24-28-19/h9-11,17H,5-8H2,1-4H3/t17-/m1/s1. The highest BCUT2D eigenvalue weighted by Gasteiger charge is 2.34. The molecule has 0 spiro atoms. The first-order valence-corrected chi connectivity index (χ1v) is 9.52. The predicted molar refractivity (Wildman–Crippen MR) is 103 cm³/mol. The van der Waals surface area contributed by atoms with E-state index in [1.165, 1.54) is 0 Å². The second kappa shape index (κ2) is 7.18. The Morgan fingerprint density at radius 1 is 1.18 bits per heavy atom. The molecule has 1 atom stereocenters. The van der Waals surface area contributed by atoms with Gasteiger partial charge in [0, 0.05) is 31.5 Å². The molecule has 1 aliphatic heterocycles. The van der Waals surface area contributed by atoms with Crippen molar-refractivity contribution in [1.82, 2.24) is 29.8 Å². The largest absolute Gasteiger partial charge is 0.356 e. The number of aryl methyl sites for hydroxylation is 3. The molecule has 0 bridgehead atoms. The number of hydrogen-bond acceptors (Lipinski definition) is 6. The third-order valence-electron chi connectivity index (χ3n) is 5.34. The van der Waals surface area contributed by atoms with E-state index in [1.54, 1.807) is 17.1 Å². The molecule has 0 unspecified atom stereocenters. The monoisotopic (exact) mass is 380 g/mol. The number of hydrogen-bond donors (Lipinski definition) is 0. The van der Waals surface area contributed by atoms with Crippen LogP contribution in [0, 0.1) is 20.8 Å². The van der Waals surface area contributed by atoms with Gasteiger partial charge < -0.3 is 9.42 Å². The average molecular weight is 380 g/mol. The molecule has 0 aliphatic carbocycles. The van der Waals surface area contributed by atoms with Crippen LogP contribution in [0.4, 0.5) is 0 Å². The van der Waals surface area contributed by atoms with Crippen molar-refractivity contribution < 1.29 is 9.32 Å². The quantitative estimate of drug-likeness (QED) is 0.693. The fourth-order valence-electron chi connectivity index (χ4n) is 3.70. The van der Waals surface area contributed by atoms with Crippen molar-refractivity contribution in [2.24, 2.45) is 7.05 Å². The number of aromatic nitrogens is 5. The molecule has 1 fully saturated rings. The van der Waals surface area contributed by atoms with Crippen LogP contribution in [0.1, 0.15) is 58.4 Å². The van der Waals surface area contributed by atoms with Gasteiger partial charge in [0.05, 0.1) is 34.9 Å². The summed E-state index contributed by atoms with van der Waals surface area (Å²) >= 11 is 0. The number of carbonyl (C=O) groups is 1. The third kappa shape index (κ3) is 3.19. The van der Waals surface area contributed by atoms with Crippen LogP contribution in [0.2, 0.25) is 0 Å². The van der Waals surface area contributed by atoms with Crippen molar-refractivity contribution in [3.63, 3.8) is 0 Å². The highest BCUT2D eigenvalue weighted by atomic mass is 16.5. The smallest absolute Gasteiger partial charge is 0.274 e. The van der Waals surface area contributed by atoms with Gasteiger partial charge >= 0.3 is 0 Å². The molecule has 3 aromatic rings. The first kappa shape index (κ1) is 18.3. The lowest BCUT2D eigenvalue weighted by Crippen LogP contribution is -2.39. The topological polar surface area (TPSA) is 89.9 Å². The second-order valence-electron chi connectivity index (χ2n) is 7.38. The summed E-state index contributed by atoms with van der Waals surface area (Å²) in [5.74, 6) is 0.605. The number of amides is 1. The molecule has 0 radical (unpaired) electrons. The van der Waals surface area contributed by atoms with Gasteiger partial charge in [-0.25, -0.2) is 4.98 Å². The van der Waals surface area contributed by atoms with Crippen LogP contribution >= 0.6 is 0 Å². The molecule has 1 amide bonds. The molecular formula is C20H24N6O2. The first-order valence-electron chi connectivity index (χ1n) is 9.52. The van der Waals surface area contributed by atoms with E-state index < -0.39 is 0 Å². The summed E-state index contributed by atoms with van der Waals surface area (Å²) < 4.78 is 7.36. The van der Waals surface area contributed by atoms with Crippen molar-refractivity contribution in [3.8, 4) is 11.3 Å². The SMILES string of the molecule is Cc1cnc(C(=O)N2CCCC[C@@H]2c2nn(C)cc2-c2onc(C)c2C)cn1. The van der Waals surface area contributed by atoms with Gasteiger partial charge in [-0.3, -0.25) is 14.5 Å². The molecule has 1 aliphatic rings.